The summed E-state index contributed by atoms with van der Waals surface area (Å²) in [5, 5.41) is 2.85. The average molecular weight is 181 g/mol. The molecule has 1 aliphatic rings. The van der Waals surface area contributed by atoms with Crippen molar-refractivity contribution in [3.05, 3.63) is 0 Å². The van der Waals surface area contributed by atoms with Crippen LogP contribution in [0.1, 0.15) is 19.8 Å². The minimum Gasteiger partial charge on any atom is -0.380 e. The normalized spacial score (nSPS) is 18.5. The summed E-state index contributed by atoms with van der Waals surface area (Å²) < 4.78 is 5.07. The predicted molar refractivity (Wildman–Crippen MR) is 50.0 cm³/mol. The first-order chi connectivity index (χ1) is 6.16. The molecule has 1 rings (SSSR count). The van der Waals surface area contributed by atoms with E-state index in [0.717, 1.165) is 13.2 Å². The van der Waals surface area contributed by atoms with Crippen LogP contribution in [0.4, 0.5) is 0 Å². The molecule has 0 unspecified atom stereocenters. The molecule has 1 fully saturated rings. The van der Waals surface area contributed by atoms with Crippen molar-refractivity contribution in [1.29, 1.82) is 0 Å². The van der Waals surface area contributed by atoms with Crippen molar-refractivity contribution >= 4 is 5.91 Å². The molecule has 0 aromatic carbocycles. The first kappa shape index (κ1) is 10.1. The van der Waals surface area contributed by atoms with Gasteiger partial charge in [-0.3, -0.25) is 4.79 Å². The van der Waals surface area contributed by atoms with Gasteiger partial charge in [0.15, 0.2) is 0 Å². The Morgan fingerprint density at radius 1 is 1.69 bits per heavy atom. The summed E-state index contributed by atoms with van der Waals surface area (Å²) in [6.45, 7) is 4.26. The molecule has 3 nitrogen and oxygen atoms in total. The molecule has 1 amide bonds. The summed E-state index contributed by atoms with van der Waals surface area (Å²) >= 11 is 0. The van der Waals surface area contributed by atoms with Crippen molar-refractivity contribution in [2.24, 2.45) is 5.41 Å². The third-order valence-electron chi connectivity index (χ3n) is 2.11. The van der Waals surface area contributed by atoms with E-state index in [4.69, 9.17) is 11.2 Å². The largest absolute Gasteiger partial charge is 0.380 e. The molecular formula is C10H15NO2. The topological polar surface area (TPSA) is 38.3 Å². The Morgan fingerprint density at radius 2 is 2.38 bits per heavy atom. The zero-order valence-corrected chi connectivity index (χ0v) is 7.93. The second-order valence-electron chi connectivity index (χ2n) is 3.78. The van der Waals surface area contributed by atoms with Crippen LogP contribution >= 0.6 is 0 Å². The molecule has 13 heavy (non-hydrogen) atoms. The Bertz CT molecular complexity index is 226. The van der Waals surface area contributed by atoms with Crippen molar-refractivity contribution in [1.82, 2.24) is 5.32 Å². The Labute approximate surface area is 78.8 Å². The van der Waals surface area contributed by atoms with Crippen LogP contribution in [0, 0.1) is 17.8 Å². The zero-order valence-electron chi connectivity index (χ0n) is 7.93. The van der Waals surface area contributed by atoms with Crippen molar-refractivity contribution in [2.45, 2.75) is 19.8 Å². The van der Waals surface area contributed by atoms with Crippen LogP contribution in [0.2, 0.25) is 0 Å². The van der Waals surface area contributed by atoms with Gasteiger partial charge in [0.2, 0.25) is 5.91 Å². The number of hydrogen-bond donors (Lipinski definition) is 1. The van der Waals surface area contributed by atoms with Gasteiger partial charge in [-0.05, 0) is 0 Å². The van der Waals surface area contributed by atoms with E-state index in [2.05, 4.69) is 18.2 Å². The Balaban J connectivity index is 2.11. The minimum atomic E-state index is 0.0334. The van der Waals surface area contributed by atoms with Crippen molar-refractivity contribution in [3.63, 3.8) is 0 Å². The minimum absolute atomic E-state index is 0.0334. The van der Waals surface area contributed by atoms with Crippen LogP contribution in [0.3, 0.4) is 0 Å². The predicted octanol–water partition coefficient (Wildman–Crippen LogP) is 0.552. The third kappa shape index (κ3) is 3.08. The van der Waals surface area contributed by atoms with E-state index in [9.17, 15) is 4.79 Å². The summed E-state index contributed by atoms with van der Waals surface area (Å²) in [7, 11) is 0. The number of terminal acetylenes is 1. The molecule has 0 atom stereocenters. The van der Waals surface area contributed by atoms with Crippen LogP contribution < -0.4 is 5.32 Å². The first-order valence-corrected chi connectivity index (χ1v) is 4.44. The summed E-state index contributed by atoms with van der Waals surface area (Å²) in [4.78, 5) is 11.1. The van der Waals surface area contributed by atoms with E-state index in [0.29, 0.717) is 19.4 Å². The fourth-order valence-corrected chi connectivity index (χ4v) is 1.14. The molecule has 0 aromatic rings. The summed E-state index contributed by atoms with van der Waals surface area (Å²) in [6, 6.07) is 0. The van der Waals surface area contributed by atoms with Gasteiger partial charge in [0.25, 0.3) is 0 Å². The highest BCUT2D eigenvalue weighted by Crippen LogP contribution is 2.24. The van der Waals surface area contributed by atoms with Gasteiger partial charge in [0, 0.05) is 24.8 Å². The van der Waals surface area contributed by atoms with Gasteiger partial charge in [0.1, 0.15) is 0 Å². The maximum atomic E-state index is 11.1. The molecular weight excluding hydrogens is 166 g/mol. The molecule has 0 spiro atoms. The lowest BCUT2D eigenvalue weighted by molar-refractivity contribution is -0.126. The van der Waals surface area contributed by atoms with Gasteiger partial charge in [0.05, 0.1) is 13.2 Å². The number of nitrogens with one attached hydrogen (secondary N) is 1. The lowest BCUT2D eigenvalue weighted by Gasteiger charge is -2.38. The van der Waals surface area contributed by atoms with E-state index in [1.165, 1.54) is 0 Å². The smallest absolute Gasteiger partial charge is 0.220 e. The van der Waals surface area contributed by atoms with E-state index in [1.54, 1.807) is 0 Å². The third-order valence-corrected chi connectivity index (χ3v) is 2.11. The van der Waals surface area contributed by atoms with E-state index < -0.39 is 0 Å². The van der Waals surface area contributed by atoms with Gasteiger partial charge in [-0.15, -0.1) is 12.3 Å². The number of hydrogen-bond acceptors (Lipinski definition) is 2. The van der Waals surface area contributed by atoms with Crippen molar-refractivity contribution < 1.29 is 9.53 Å². The van der Waals surface area contributed by atoms with Gasteiger partial charge < -0.3 is 10.1 Å². The molecule has 72 valence electrons. The lowest BCUT2D eigenvalue weighted by atomic mass is 9.89. The summed E-state index contributed by atoms with van der Waals surface area (Å²) in [5.41, 5.74) is 0.145. The molecule has 1 N–H and O–H groups in total. The Kier molecular flexibility index (Phi) is 3.32. The molecule has 1 heterocycles. The summed E-state index contributed by atoms with van der Waals surface area (Å²) in [6.07, 6.45) is 5.98. The van der Waals surface area contributed by atoms with Gasteiger partial charge in [-0.1, -0.05) is 6.92 Å². The number of ether oxygens (including phenoxy) is 1. The molecule has 0 aliphatic carbocycles. The Morgan fingerprint density at radius 3 is 2.85 bits per heavy atom. The Hall–Kier alpha value is -1.01. The van der Waals surface area contributed by atoms with E-state index in [-0.39, 0.29) is 11.3 Å². The van der Waals surface area contributed by atoms with Gasteiger partial charge in [-0.2, -0.15) is 0 Å². The highest BCUT2D eigenvalue weighted by atomic mass is 16.5. The highest BCUT2D eigenvalue weighted by Gasteiger charge is 2.33. The molecule has 1 aliphatic heterocycles. The second-order valence-corrected chi connectivity index (χ2v) is 3.78. The van der Waals surface area contributed by atoms with Crippen LogP contribution in [0.5, 0.6) is 0 Å². The number of rotatable bonds is 4. The van der Waals surface area contributed by atoms with Crippen molar-refractivity contribution in [2.75, 3.05) is 19.8 Å². The summed E-state index contributed by atoms with van der Waals surface area (Å²) in [5.74, 6) is 2.47. The fourth-order valence-electron chi connectivity index (χ4n) is 1.14. The second kappa shape index (κ2) is 4.29. The number of amides is 1. The molecule has 0 aromatic heterocycles. The SMILES string of the molecule is C#CCCC(=O)NCC1(C)COC1. The van der Waals surface area contributed by atoms with Crippen LogP contribution in [-0.4, -0.2) is 25.7 Å². The van der Waals surface area contributed by atoms with Crippen molar-refractivity contribution in [3.8, 4) is 12.3 Å². The van der Waals surface area contributed by atoms with Crippen LogP contribution in [0.15, 0.2) is 0 Å². The maximum absolute atomic E-state index is 11.1. The monoisotopic (exact) mass is 181 g/mol. The fraction of sp³-hybridized carbons (Fsp3) is 0.700. The van der Waals surface area contributed by atoms with Crippen LogP contribution in [0.25, 0.3) is 0 Å². The van der Waals surface area contributed by atoms with E-state index in [1.807, 2.05) is 0 Å². The molecule has 0 saturated carbocycles. The standard InChI is InChI=1S/C10H15NO2/c1-3-4-5-9(12)11-6-10(2)7-13-8-10/h1H,4-8H2,2H3,(H,11,12). The maximum Gasteiger partial charge on any atom is 0.220 e. The van der Waals surface area contributed by atoms with Gasteiger partial charge >= 0.3 is 0 Å². The molecule has 0 radical (unpaired) electrons. The number of carbonyl (C=O) groups is 1. The van der Waals surface area contributed by atoms with Crippen LogP contribution in [-0.2, 0) is 9.53 Å². The molecule has 1 saturated heterocycles. The molecule has 3 heteroatoms. The quantitative estimate of drug-likeness (QED) is 0.643. The molecule has 0 bridgehead atoms. The highest BCUT2D eigenvalue weighted by molar-refractivity contribution is 5.76. The first-order valence-electron chi connectivity index (χ1n) is 4.44. The zero-order chi connectivity index (χ0) is 9.73. The lowest BCUT2D eigenvalue weighted by Crippen LogP contribution is -2.48. The van der Waals surface area contributed by atoms with E-state index >= 15 is 0 Å². The van der Waals surface area contributed by atoms with Gasteiger partial charge in [-0.25, -0.2) is 0 Å². The number of carbonyl (C=O) groups excluding carboxylic acids is 1. The average Bonchev–Trinajstić information content (AvgIpc) is 2.08.